The second-order valence-corrected chi connectivity index (χ2v) is 7.67. The number of carbonyl (C=O) groups excluding carboxylic acids is 1. The fraction of sp³-hybridized carbons (Fsp3) is 0.250. The number of unbranched alkanes of at least 4 members (excludes halogenated alkanes) is 1. The highest BCUT2D eigenvalue weighted by Gasteiger charge is 2.36. The van der Waals surface area contributed by atoms with E-state index in [4.69, 9.17) is 4.99 Å². The molecule has 9 heteroatoms. The van der Waals surface area contributed by atoms with Crippen molar-refractivity contribution in [3.05, 3.63) is 74.8 Å². The number of carbonyl (C=O) groups is 1. The van der Waals surface area contributed by atoms with Crippen molar-refractivity contribution >= 4 is 34.2 Å². The fourth-order valence-corrected chi connectivity index (χ4v) is 4.22. The molecule has 1 atom stereocenters. The molecule has 8 nitrogen and oxygen atoms in total. The number of nitro groups is 1. The lowest BCUT2D eigenvalue weighted by atomic mass is 10.1. The van der Waals surface area contributed by atoms with Crippen molar-refractivity contribution in [2.75, 3.05) is 5.75 Å². The van der Waals surface area contributed by atoms with Crippen molar-refractivity contribution < 1.29 is 9.72 Å². The van der Waals surface area contributed by atoms with Crippen molar-refractivity contribution in [3.63, 3.8) is 0 Å². The number of fused-ring (bicyclic) bond motifs is 2. The topological polar surface area (TPSA) is 100 Å². The van der Waals surface area contributed by atoms with Gasteiger partial charge in [0.2, 0.25) is 0 Å². The summed E-state index contributed by atoms with van der Waals surface area (Å²) in [6.45, 7) is 2.10. The van der Waals surface area contributed by atoms with Crippen LogP contribution < -0.4 is 15.9 Å². The number of hydrogen-bond acceptors (Lipinski definition) is 7. The number of para-hydroxylation sites is 2. The monoisotopic (exact) mass is 409 g/mol. The molecule has 29 heavy (non-hydrogen) atoms. The molecular weight excluding hydrogens is 390 g/mol. The van der Waals surface area contributed by atoms with Gasteiger partial charge in [-0.05, 0) is 18.6 Å². The molecule has 2 aliphatic heterocycles. The van der Waals surface area contributed by atoms with E-state index in [0.29, 0.717) is 27.0 Å². The second kappa shape index (κ2) is 8.04. The van der Waals surface area contributed by atoms with Gasteiger partial charge in [-0.15, -0.1) is 5.10 Å². The zero-order chi connectivity index (χ0) is 20.4. The van der Waals surface area contributed by atoms with Crippen LogP contribution in [0.4, 0.5) is 5.69 Å². The highest BCUT2D eigenvalue weighted by Crippen LogP contribution is 2.35. The van der Waals surface area contributed by atoms with Gasteiger partial charge in [-0.1, -0.05) is 55.4 Å². The van der Waals surface area contributed by atoms with Crippen LogP contribution in [0.25, 0.3) is 5.70 Å². The van der Waals surface area contributed by atoms with Crippen LogP contribution in [-0.2, 0) is 4.79 Å². The molecule has 148 valence electrons. The number of amidine groups is 1. The first-order valence-corrected chi connectivity index (χ1v) is 10.3. The van der Waals surface area contributed by atoms with Crippen LogP contribution in [0.1, 0.15) is 31.5 Å². The van der Waals surface area contributed by atoms with Crippen LogP contribution in [0.5, 0.6) is 0 Å². The second-order valence-electron chi connectivity index (χ2n) is 6.59. The number of hydrogen-bond donors (Lipinski definition) is 1. The molecule has 0 fully saturated rings. The van der Waals surface area contributed by atoms with Gasteiger partial charge in [-0.25, -0.2) is 5.01 Å². The number of nitro benzene ring substituents is 1. The van der Waals surface area contributed by atoms with Gasteiger partial charge in [0.1, 0.15) is 5.70 Å². The van der Waals surface area contributed by atoms with Crippen LogP contribution in [0.15, 0.2) is 58.6 Å². The number of amides is 1. The summed E-state index contributed by atoms with van der Waals surface area (Å²) in [6, 6.07) is 13.7. The minimum absolute atomic E-state index is 0.0543. The lowest BCUT2D eigenvalue weighted by Crippen LogP contribution is -2.50. The SMILES string of the molecule is CCCCSC1=NN2C(=c3ccccc3=NC2c2ccccc2[N+](=O)[O-])C(=O)N1. The van der Waals surface area contributed by atoms with Gasteiger partial charge in [-0.3, -0.25) is 25.2 Å². The maximum absolute atomic E-state index is 13.0. The average molecular weight is 409 g/mol. The Morgan fingerprint density at radius 2 is 1.97 bits per heavy atom. The third kappa shape index (κ3) is 3.61. The molecular formula is C20H19N5O3S. The molecule has 2 aromatic rings. The summed E-state index contributed by atoms with van der Waals surface area (Å²) in [6.07, 6.45) is 1.24. The molecule has 1 N–H and O–H groups in total. The number of hydrazone groups is 1. The molecule has 2 aliphatic rings. The maximum atomic E-state index is 13.0. The molecule has 2 heterocycles. The Balaban J connectivity index is 1.89. The summed E-state index contributed by atoms with van der Waals surface area (Å²) >= 11 is 1.46. The number of nitrogens with zero attached hydrogens (tertiary/aromatic N) is 4. The van der Waals surface area contributed by atoms with E-state index in [9.17, 15) is 14.9 Å². The van der Waals surface area contributed by atoms with E-state index in [0.717, 1.165) is 18.6 Å². The van der Waals surface area contributed by atoms with E-state index < -0.39 is 11.1 Å². The number of benzene rings is 2. The standard InChI is InChI=1S/C20H19N5O3S/c1-2-3-12-29-20-22-19(26)17-13-8-4-6-10-15(13)21-18(24(17)23-20)14-9-5-7-11-16(14)25(27)28/h4-11,18H,2-3,12H2,1H3,(H,22,23,26). The molecule has 2 aromatic carbocycles. The summed E-state index contributed by atoms with van der Waals surface area (Å²) in [5.41, 5.74) is 0.681. The third-order valence-electron chi connectivity index (χ3n) is 4.66. The first kappa shape index (κ1) is 19.1. The number of rotatable bonds is 5. The molecule has 0 saturated heterocycles. The van der Waals surface area contributed by atoms with E-state index in [2.05, 4.69) is 17.3 Å². The van der Waals surface area contributed by atoms with Crippen molar-refractivity contribution in [1.29, 1.82) is 0 Å². The van der Waals surface area contributed by atoms with Gasteiger partial charge in [0.25, 0.3) is 11.6 Å². The molecule has 0 aromatic heterocycles. The Hall–Kier alpha value is -3.20. The normalized spacial score (nSPS) is 17.6. The summed E-state index contributed by atoms with van der Waals surface area (Å²) in [7, 11) is 0. The Morgan fingerprint density at radius 1 is 1.21 bits per heavy atom. The summed E-state index contributed by atoms with van der Waals surface area (Å²) in [5.74, 6) is 0.535. The van der Waals surface area contributed by atoms with Gasteiger partial charge in [-0.2, -0.15) is 0 Å². The minimum Gasteiger partial charge on any atom is -0.298 e. The van der Waals surface area contributed by atoms with Gasteiger partial charge in [0.15, 0.2) is 11.3 Å². The van der Waals surface area contributed by atoms with Crippen molar-refractivity contribution in [3.8, 4) is 0 Å². The predicted molar refractivity (Wildman–Crippen MR) is 111 cm³/mol. The van der Waals surface area contributed by atoms with Gasteiger partial charge < -0.3 is 0 Å². The summed E-state index contributed by atoms with van der Waals surface area (Å²) in [4.78, 5) is 28.8. The first-order valence-electron chi connectivity index (χ1n) is 9.32. The van der Waals surface area contributed by atoms with Crippen LogP contribution in [-0.4, -0.2) is 26.8 Å². The van der Waals surface area contributed by atoms with Crippen LogP contribution >= 0.6 is 11.8 Å². The van der Waals surface area contributed by atoms with E-state index in [1.54, 1.807) is 30.3 Å². The molecule has 0 aliphatic carbocycles. The Morgan fingerprint density at radius 3 is 2.76 bits per heavy atom. The molecule has 0 saturated carbocycles. The number of thioether (sulfide) groups is 1. The van der Waals surface area contributed by atoms with Gasteiger partial charge >= 0.3 is 0 Å². The summed E-state index contributed by atoms with van der Waals surface area (Å²) in [5, 5.41) is 22.3. The third-order valence-corrected chi connectivity index (χ3v) is 5.61. The maximum Gasteiger partial charge on any atom is 0.276 e. The van der Waals surface area contributed by atoms with Crippen molar-refractivity contribution in [2.24, 2.45) is 10.1 Å². The Kier molecular flexibility index (Phi) is 5.30. The zero-order valence-corrected chi connectivity index (χ0v) is 16.6. The number of nitrogens with one attached hydrogen (secondary N) is 1. The Bertz CT molecular complexity index is 1130. The lowest BCUT2D eigenvalue weighted by molar-refractivity contribution is -0.385. The quantitative estimate of drug-likeness (QED) is 0.464. The molecule has 0 spiro atoms. The smallest absolute Gasteiger partial charge is 0.276 e. The molecule has 4 rings (SSSR count). The largest absolute Gasteiger partial charge is 0.298 e. The van der Waals surface area contributed by atoms with E-state index >= 15 is 0 Å². The van der Waals surface area contributed by atoms with E-state index in [1.165, 1.54) is 22.8 Å². The lowest BCUT2D eigenvalue weighted by Gasteiger charge is -2.33. The van der Waals surface area contributed by atoms with Crippen LogP contribution in [0, 0.1) is 10.1 Å². The minimum atomic E-state index is -0.797. The molecule has 1 unspecified atom stereocenters. The van der Waals surface area contributed by atoms with Crippen LogP contribution in [0.3, 0.4) is 0 Å². The first-order chi connectivity index (χ1) is 14.1. The average Bonchev–Trinajstić information content (AvgIpc) is 2.73. The molecule has 0 bridgehead atoms. The fourth-order valence-electron chi connectivity index (χ4n) is 3.28. The molecule has 0 radical (unpaired) electrons. The van der Waals surface area contributed by atoms with E-state index in [-0.39, 0.29) is 11.6 Å². The zero-order valence-electron chi connectivity index (χ0n) is 15.7. The van der Waals surface area contributed by atoms with Crippen LogP contribution in [0.2, 0.25) is 0 Å². The van der Waals surface area contributed by atoms with Gasteiger partial charge in [0, 0.05) is 17.0 Å². The van der Waals surface area contributed by atoms with Gasteiger partial charge in [0.05, 0.1) is 15.8 Å². The summed E-state index contributed by atoms with van der Waals surface area (Å²) < 4.78 is 0. The highest BCUT2D eigenvalue weighted by atomic mass is 32.2. The predicted octanol–water partition coefficient (Wildman–Crippen LogP) is 2.27. The van der Waals surface area contributed by atoms with E-state index in [1.807, 2.05) is 12.1 Å². The highest BCUT2D eigenvalue weighted by molar-refractivity contribution is 8.13. The van der Waals surface area contributed by atoms with Crippen molar-refractivity contribution in [2.45, 2.75) is 25.9 Å². The molecule has 1 amide bonds. The van der Waals surface area contributed by atoms with Crippen molar-refractivity contribution in [1.82, 2.24) is 10.3 Å². The Labute approximate surface area is 171 Å².